The monoisotopic (exact) mass is 185 g/mol. The summed E-state index contributed by atoms with van der Waals surface area (Å²) in [5, 5.41) is 9.65. The molecule has 1 rings (SSSR count). The summed E-state index contributed by atoms with van der Waals surface area (Å²) in [6.07, 6.45) is 0. The summed E-state index contributed by atoms with van der Waals surface area (Å²) in [6.45, 7) is 2.57. The van der Waals surface area contributed by atoms with Crippen molar-refractivity contribution in [2.24, 2.45) is 5.73 Å². The fourth-order valence-corrected chi connectivity index (χ4v) is 1.09. The van der Waals surface area contributed by atoms with Crippen LogP contribution in [0.3, 0.4) is 0 Å². The van der Waals surface area contributed by atoms with Gasteiger partial charge in [0.2, 0.25) is 0 Å². The van der Waals surface area contributed by atoms with Gasteiger partial charge in [-0.25, -0.2) is 0 Å². The van der Waals surface area contributed by atoms with Gasteiger partial charge in [0.05, 0.1) is 5.02 Å². The second kappa shape index (κ2) is 3.78. The fourth-order valence-electron chi connectivity index (χ4n) is 0.972. The van der Waals surface area contributed by atoms with Crippen molar-refractivity contribution in [1.29, 1.82) is 0 Å². The first-order chi connectivity index (χ1) is 5.65. The maximum absolute atomic E-state index is 9.27. The Labute approximate surface area is 77.0 Å². The number of aromatic hydroxyl groups is 1. The molecule has 0 spiro atoms. The van der Waals surface area contributed by atoms with Crippen LogP contribution in [0.2, 0.25) is 5.02 Å². The second-order valence-electron chi connectivity index (χ2n) is 2.85. The van der Waals surface area contributed by atoms with E-state index >= 15 is 0 Å². The van der Waals surface area contributed by atoms with Gasteiger partial charge in [-0.15, -0.1) is 0 Å². The SMILES string of the molecule is CC(CN)c1ccc(Cl)c(O)c1. The quantitative estimate of drug-likeness (QED) is 0.742. The Bertz CT molecular complexity index is 275. The highest BCUT2D eigenvalue weighted by Gasteiger charge is 2.05. The van der Waals surface area contributed by atoms with E-state index in [0.717, 1.165) is 5.56 Å². The highest BCUT2D eigenvalue weighted by atomic mass is 35.5. The van der Waals surface area contributed by atoms with Gasteiger partial charge in [-0.3, -0.25) is 0 Å². The molecule has 1 atom stereocenters. The first kappa shape index (κ1) is 9.36. The highest BCUT2D eigenvalue weighted by molar-refractivity contribution is 6.32. The molecule has 0 aliphatic heterocycles. The Morgan fingerprint density at radius 1 is 1.58 bits per heavy atom. The summed E-state index contributed by atoms with van der Waals surface area (Å²) in [6, 6.07) is 5.21. The van der Waals surface area contributed by atoms with Crippen LogP contribution in [-0.2, 0) is 0 Å². The summed E-state index contributed by atoms with van der Waals surface area (Å²) in [5.41, 5.74) is 6.49. The molecule has 3 heteroatoms. The van der Waals surface area contributed by atoms with Gasteiger partial charge in [-0.2, -0.15) is 0 Å². The van der Waals surface area contributed by atoms with Crippen LogP contribution in [-0.4, -0.2) is 11.7 Å². The lowest BCUT2D eigenvalue weighted by molar-refractivity contribution is 0.474. The van der Waals surface area contributed by atoms with Crippen molar-refractivity contribution in [3.8, 4) is 5.75 Å². The van der Waals surface area contributed by atoms with Crippen LogP contribution < -0.4 is 5.73 Å². The first-order valence-corrected chi connectivity index (χ1v) is 4.21. The third-order valence-electron chi connectivity index (χ3n) is 1.89. The van der Waals surface area contributed by atoms with Crippen molar-refractivity contribution in [3.05, 3.63) is 28.8 Å². The van der Waals surface area contributed by atoms with Crippen LogP contribution in [0.25, 0.3) is 0 Å². The summed E-state index contributed by atoms with van der Waals surface area (Å²) in [7, 11) is 0. The Kier molecular flexibility index (Phi) is 2.95. The van der Waals surface area contributed by atoms with E-state index in [1.165, 1.54) is 0 Å². The van der Waals surface area contributed by atoms with Crippen molar-refractivity contribution in [2.45, 2.75) is 12.8 Å². The predicted molar refractivity (Wildman–Crippen MR) is 50.6 cm³/mol. The zero-order chi connectivity index (χ0) is 9.14. The van der Waals surface area contributed by atoms with Crippen LogP contribution in [0.4, 0.5) is 0 Å². The van der Waals surface area contributed by atoms with E-state index in [1.807, 2.05) is 13.0 Å². The van der Waals surface area contributed by atoms with Gasteiger partial charge in [-0.05, 0) is 30.2 Å². The van der Waals surface area contributed by atoms with Crippen molar-refractivity contribution in [1.82, 2.24) is 0 Å². The summed E-state index contributed by atoms with van der Waals surface area (Å²) >= 11 is 5.65. The molecule has 1 aromatic carbocycles. The molecule has 2 nitrogen and oxygen atoms in total. The van der Waals surface area contributed by atoms with Gasteiger partial charge < -0.3 is 10.8 Å². The normalized spacial score (nSPS) is 12.9. The number of hydrogen-bond donors (Lipinski definition) is 2. The van der Waals surface area contributed by atoms with Gasteiger partial charge in [0.25, 0.3) is 0 Å². The lowest BCUT2D eigenvalue weighted by Crippen LogP contribution is -2.08. The van der Waals surface area contributed by atoms with Gasteiger partial charge in [-0.1, -0.05) is 24.6 Å². The molecule has 1 unspecified atom stereocenters. The maximum Gasteiger partial charge on any atom is 0.134 e. The van der Waals surface area contributed by atoms with Crippen molar-refractivity contribution in [3.63, 3.8) is 0 Å². The molecule has 3 N–H and O–H groups in total. The number of phenolic OH excluding ortho intramolecular Hbond substituents is 1. The van der Waals surface area contributed by atoms with E-state index in [0.29, 0.717) is 11.6 Å². The molecule has 0 fully saturated rings. The smallest absolute Gasteiger partial charge is 0.134 e. The van der Waals surface area contributed by atoms with E-state index in [9.17, 15) is 5.11 Å². The molecule has 12 heavy (non-hydrogen) atoms. The molecule has 0 amide bonds. The third kappa shape index (κ3) is 1.90. The first-order valence-electron chi connectivity index (χ1n) is 3.83. The Balaban J connectivity index is 2.96. The highest BCUT2D eigenvalue weighted by Crippen LogP contribution is 2.26. The molecule has 0 radical (unpaired) electrons. The lowest BCUT2D eigenvalue weighted by Gasteiger charge is -2.09. The lowest BCUT2D eigenvalue weighted by atomic mass is 10.0. The standard InChI is InChI=1S/C9H12ClNO/c1-6(5-11)7-2-3-8(10)9(12)4-7/h2-4,6,12H,5,11H2,1H3. The summed E-state index contributed by atoms with van der Waals surface area (Å²) < 4.78 is 0. The summed E-state index contributed by atoms with van der Waals surface area (Å²) in [4.78, 5) is 0. The molecular formula is C9H12ClNO. The zero-order valence-corrected chi connectivity index (χ0v) is 7.67. The van der Waals surface area contributed by atoms with Crippen LogP contribution in [0.5, 0.6) is 5.75 Å². The average molecular weight is 186 g/mol. The van der Waals surface area contributed by atoms with Crippen molar-refractivity contribution >= 4 is 11.6 Å². The van der Waals surface area contributed by atoms with E-state index in [4.69, 9.17) is 17.3 Å². The second-order valence-corrected chi connectivity index (χ2v) is 3.25. The number of nitrogens with two attached hydrogens (primary N) is 1. The van der Waals surface area contributed by atoms with Crippen LogP contribution in [0.15, 0.2) is 18.2 Å². The molecule has 66 valence electrons. The summed E-state index contributed by atoms with van der Waals surface area (Å²) in [5.74, 6) is 0.377. The van der Waals surface area contributed by atoms with Gasteiger partial charge >= 0.3 is 0 Å². The fraction of sp³-hybridized carbons (Fsp3) is 0.333. The number of rotatable bonds is 2. The minimum Gasteiger partial charge on any atom is -0.506 e. The van der Waals surface area contributed by atoms with Gasteiger partial charge in [0, 0.05) is 0 Å². The molecule has 0 saturated carbocycles. The molecule has 0 aromatic heterocycles. The molecule has 0 saturated heterocycles. The minimum absolute atomic E-state index is 0.120. The largest absolute Gasteiger partial charge is 0.506 e. The molecule has 0 aliphatic rings. The Hall–Kier alpha value is -0.730. The molecule has 0 bridgehead atoms. The average Bonchev–Trinajstić information content (AvgIpc) is 2.08. The van der Waals surface area contributed by atoms with Crippen LogP contribution >= 0.6 is 11.6 Å². The number of hydrogen-bond acceptors (Lipinski definition) is 2. The van der Waals surface area contributed by atoms with Crippen molar-refractivity contribution in [2.75, 3.05) is 6.54 Å². The zero-order valence-electron chi connectivity index (χ0n) is 6.92. The molecule has 0 heterocycles. The van der Waals surface area contributed by atoms with E-state index in [1.54, 1.807) is 12.1 Å². The van der Waals surface area contributed by atoms with Gasteiger partial charge in [0.15, 0.2) is 0 Å². The van der Waals surface area contributed by atoms with Crippen LogP contribution in [0.1, 0.15) is 18.4 Å². The molecule has 0 aliphatic carbocycles. The van der Waals surface area contributed by atoms with Crippen LogP contribution in [0, 0.1) is 0 Å². The topological polar surface area (TPSA) is 46.2 Å². The van der Waals surface area contributed by atoms with Gasteiger partial charge in [0.1, 0.15) is 5.75 Å². The number of halogens is 1. The van der Waals surface area contributed by atoms with Crippen molar-refractivity contribution < 1.29 is 5.11 Å². The Morgan fingerprint density at radius 2 is 2.25 bits per heavy atom. The maximum atomic E-state index is 9.27. The minimum atomic E-state index is 0.120. The Morgan fingerprint density at radius 3 is 2.75 bits per heavy atom. The predicted octanol–water partition coefficient (Wildman–Crippen LogP) is 2.11. The van der Waals surface area contributed by atoms with E-state index in [-0.39, 0.29) is 11.7 Å². The number of benzene rings is 1. The third-order valence-corrected chi connectivity index (χ3v) is 2.21. The van der Waals surface area contributed by atoms with E-state index < -0.39 is 0 Å². The molecular weight excluding hydrogens is 174 g/mol. The molecule has 1 aromatic rings. The number of phenols is 1. The van der Waals surface area contributed by atoms with E-state index in [2.05, 4.69) is 0 Å².